The van der Waals surface area contributed by atoms with Gasteiger partial charge in [0.25, 0.3) is 0 Å². The van der Waals surface area contributed by atoms with Gasteiger partial charge in [0.1, 0.15) is 5.75 Å². The molecule has 0 radical (unpaired) electrons. The molecule has 0 unspecified atom stereocenters. The minimum atomic E-state index is 0.216. The van der Waals surface area contributed by atoms with Crippen molar-refractivity contribution in [2.75, 3.05) is 37.9 Å². The maximum Gasteiger partial charge on any atom is 0.162 e. The smallest absolute Gasteiger partial charge is 0.162 e. The van der Waals surface area contributed by atoms with Gasteiger partial charge in [0, 0.05) is 30.6 Å². The van der Waals surface area contributed by atoms with Crippen molar-refractivity contribution in [1.29, 1.82) is 0 Å². The van der Waals surface area contributed by atoms with E-state index in [0.29, 0.717) is 19.0 Å². The lowest BCUT2D eigenvalue weighted by Crippen LogP contribution is -2.49. The van der Waals surface area contributed by atoms with Gasteiger partial charge in [-0.05, 0) is 25.1 Å². The monoisotopic (exact) mass is 350 g/mol. The van der Waals surface area contributed by atoms with Crippen LogP contribution in [-0.4, -0.2) is 52.9 Å². The predicted molar refractivity (Wildman–Crippen MR) is 102 cm³/mol. The van der Waals surface area contributed by atoms with Crippen LogP contribution in [0.25, 0.3) is 22.3 Å². The average molecular weight is 350 g/mol. The number of aromatic nitrogens is 2. The third kappa shape index (κ3) is 3.21. The molecule has 1 fully saturated rings. The van der Waals surface area contributed by atoms with Crippen LogP contribution in [-0.2, 0) is 4.74 Å². The fourth-order valence-electron chi connectivity index (χ4n) is 3.29. The topological polar surface area (TPSA) is 61.7 Å². The van der Waals surface area contributed by atoms with E-state index in [1.165, 1.54) is 0 Å². The second-order valence-corrected chi connectivity index (χ2v) is 6.22. The molecule has 2 heterocycles. The van der Waals surface area contributed by atoms with Crippen molar-refractivity contribution in [3.05, 3.63) is 48.5 Å². The number of anilines is 1. The van der Waals surface area contributed by atoms with Crippen molar-refractivity contribution in [1.82, 2.24) is 15.0 Å². The predicted octanol–water partition coefficient (Wildman–Crippen LogP) is 3.08. The lowest BCUT2D eigenvalue weighted by molar-refractivity contribution is 0.0320. The van der Waals surface area contributed by atoms with Crippen LogP contribution in [0, 0.1) is 0 Å². The van der Waals surface area contributed by atoms with Gasteiger partial charge < -0.3 is 9.84 Å². The molecule has 0 atom stereocenters. The zero-order valence-electron chi connectivity index (χ0n) is 14.8. The largest absolute Gasteiger partial charge is 0.508 e. The van der Waals surface area contributed by atoms with Gasteiger partial charge in [-0.3, -0.25) is 5.01 Å². The van der Waals surface area contributed by atoms with Crippen molar-refractivity contribution in [2.45, 2.75) is 6.92 Å². The Balaban J connectivity index is 1.88. The maximum absolute atomic E-state index is 10.00. The number of ether oxygens (including phenoxy) is 1. The molecule has 1 aliphatic heterocycles. The Morgan fingerprint density at radius 2 is 1.85 bits per heavy atom. The number of hydrogen-bond acceptors (Lipinski definition) is 6. The number of fused-ring (bicyclic) bond motifs is 1. The van der Waals surface area contributed by atoms with Gasteiger partial charge in [0.05, 0.1) is 18.7 Å². The summed E-state index contributed by atoms with van der Waals surface area (Å²) in [5.74, 6) is 1.72. The SMILES string of the molecule is CCN(c1nc(-c2ccccc2)nc2ccc(O)cc12)N1CCOCC1. The highest BCUT2D eigenvalue weighted by molar-refractivity contribution is 5.92. The Hall–Kier alpha value is -2.70. The van der Waals surface area contributed by atoms with Gasteiger partial charge in [-0.25, -0.2) is 15.0 Å². The van der Waals surface area contributed by atoms with E-state index in [0.717, 1.165) is 41.9 Å². The molecule has 1 saturated heterocycles. The zero-order chi connectivity index (χ0) is 17.9. The van der Waals surface area contributed by atoms with Gasteiger partial charge in [-0.15, -0.1) is 0 Å². The first-order valence-electron chi connectivity index (χ1n) is 8.92. The lowest BCUT2D eigenvalue weighted by Gasteiger charge is -2.38. The van der Waals surface area contributed by atoms with Crippen LogP contribution in [0.5, 0.6) is 5.75 Å². The number of morpholine rings is 1. The number of nitrogens with zero attached hydrogens (tertiary/aromatic N) is 4. The summed E-state index contributed by atoms with van der Waals surface area (Å²) in [5.41, 5.74) is 1.79. The van der Waals surface area contributed by atoms with Crippen LogP contribution in [0.3, 0.4) is 0 Å². The summed E-state index contributed by atoms with van der Waals surface area (Å²) in [4.78, 5) is 9.60. The van der Waals surface area contributed by atoms with E-state index >= 15 is 0 Å². The summed E-state index contributed by atoms with van der Waals surface area (Å²) in [6.07, 6.45) is 0. The molecule has 0 spiro atoms. The Morgan fingerprint density at radius 1 is 1.08 bits per heavy atom. The Morgan fingerprint density at radius 3 is 2.58 bits per heavy atom. The number of phenolic OH excluding ortho intramolecular Hbond substituents is 1. The number of benzene rings is 2. The summed E-state index contributed by atoms with van der Waals surface area (Å²) in [6, 6.07) is 15.2. The zero-order valence-corrected chi connectivity index (χ0v) is 14.8. The van der Waals surface area contributed by atoms with Gasteiger partial charge in [-0.1, -0.05) is 30.3 Å². The molecule has 0 amide bonds. The van der Waals surface area contributed by atoms with Gasteiger partial charge in [0.2, 0.25) is 0 Å². The molecule has 0 aliphatic carbocycles. The van der Waals surface area contributed by atoms with E-state index in [-0.39, 0.29) is 5.75 Å². The molecule has 26 heavy (non-hydrogen) atoms. The molecule has 0 saturated carbocycles. The highest BCUT2D eigenvalue weighted by atomic mass is 16.5. The highest BCUT2D eigenvalue weighted by Gasteiger charge is 2.22. The third-order valence-electron chi connectivity index (χ3n) is 4.56. The first-order valence-corrected chi connectivity index (χ1v) is 8.92. The van der Waals surface area contributed by atoms with Gasteiger partial charge in [-0.2, -0.15) is 0 Å². The fraction of sp³-hybridized carbons (Fsp3) is 0.300. The van der Waals surface area contributed by atoms with Crippen molar-refractivity contribution in [3.8, 4) is 17.1 Å². The van der Waals surface area contributed by atoms with E-state index in [1.807, 2.05) is 36.4 Å². The summed E-state index contributed by atoms with van der Waals surface area (Å²) in [6.45, 7) is 5.93. The van der Waals surface area contributed by atoms with Crippen LogP contribution >= 0.6 is 0 Å². The Kier molecular flexibility index (Phi) is 4.69. The first-order chi connectivity index (χ1) is 12.8. The van der Waals surface area contributed by atoms with Gasteiger partial charge >= 0.3 is 0 Å². The van der Waals surface area contributed by atoms with Crippen molar-refractivity contribution < 1.29 is 9.84 Å². The fourth-order valence-corrected chi connectivity index (χ4v) is 3.29. The molecule has 2 aromatic carbocycles. The number of rotatable bonds is 4. The minimum absolute atomic E-state index is 0.216. The number of hydrazine groups is 1. The van der Waals surface area contributed by atoms with Crippen LogP contribution in [0.1, 0.15) is 6.92 Å². The van der Waals surface area contributed by atoms with Crippen LogP contribution in [0.15, 0.2) is 48.5 Å². The molecule has 6 nitrogen and oxygen atoms in total. The van der Waals surface area contributed by atoms with Crippen LogP contribution in [0.4, 0.5) is 5.82 Å². The average Bonchev–Trinajstić information content (AvgIpc) is 2.70. The summed E-state index contributed by atoms with van der Waals surface area (Å²) < 4.78 is 5.49. The van der Waals surface area contributed by atoms with Crippen molar-refractivity contribution >= 4 is 16.7 Å². The number of phenols is 1. The van der Waals surface area contributed by atoms with E-state index in [9.17, 15) is 5.11 Å². The molecule has 0 bridgehead atoms. The molecule has 1 N–H and O–H groups in total. The normalized spacial score (nSPS) is 15.3. The molecule has 3 aromatic rings. The molecule has 6 heteroatoms. The van der Waals surface area contributed by atoms with Gasteiger partial charge in [0.15, 0.2) is 11.6 Å². The van der Waals surface area contributed by atoms with Crippen LogP contribution < -0.4 is 5.01 Å². The third-order valence-corrected chi connectivity index (χ3v) is 4.56. The highest BCUT2D eigenvalue weighted by Crippen LogP contribution is 2.31. The van der Waals surface area contributed by atoms with E-state index in [1.54, 1.807) is 12.1 Å². The molecule has 1 aromatic heterocycles. The second kappa shape index (κ2) is 7.27. The summed E-state index contributed by atoms with van der Waals surface area (Å²) >= 11 is 0. The van der Waals surface area contributed by atoms with E-state index < -0.39 is 0 Å². The maximum atomic E-state index is 10.00. The van der Waals surface area contributed by atoms with Crippen LogP contribution in [0.2, 0.25) is 0 Å². The Labute approximate surface area is 152 Å². The van der Waals surface area contributed by atoms with E-state index in [4.69, 9.17) is 14.7 Å². The summed E-state index contributed by atoms with van der Waals surface area (Å²) in [7, 11) is 0. The number of hydrogen-bond donors (Lipinski definition) is 1. The molecular weight excluding hydrogens is 328 g/mol. The minimum Gasteiger partial charge on any atom is -0.508 e. The quantitative estimate of drug-likeness (QED) is 0.780. The lowest BCUT2D eigenvalue weighted by atomic mass is 10.1. The number of aromatic hydroxyl groups is 1. The molecule has 134 valence electrons. The molecular formula is C20H22N4O2. The van der Waals surface area contributed by atoms with Crippen molar-refractivity contribution in [2.24, 2.45) is 0 Å². The van der Waals surface area contributed by atoms with E-state index in [2.05, 4.69) is 16.9 Å². The van der Waals surface area contributed by atoms with Crippen molar-refractivity contribution in [3.63, 3.8) is 0 Å². The molecule has 1 aliphatic rings. The summed E-state index contributed by atoms with van der Waals surface area (Å²) in [5, 5.41) is 15.3. The standard InChI is InChI=1S/C20H22N4O2/c1-2-24(23-10-12-26-13-11-23)20-17-14-16(25)8-9-18(17)21-19(22-20)15-6-4-3-5-7-15/h3-9,14,25H,2,10-13H2,1H3. The Bertz CT molecular complexity index is 895. The molecule has 4 rings (SSSR count). The first kappa shape index (κ1) is 16.8. The second-order valence-electron chi connectivity index (χ2n) is 6.22.